The van der Waals surface area contributed by atoms with Crippen LogP contribution < -0.4 is 10.9 Å². The Bertz CT molecular complexity index is 762. The van der Waals surface area contributed by atoms with Crippen molar-refractivity contribution in [3.63, 3.8) is 0 Å². The van der Waals surface area contributed by atoms with E-state index in [4.69, 9.17) is 12.2 Å². The maximum Gasteiger partial charge on any atom is 0.262 e. The highest BCUT2D eigenvalue weighted by atomic mass is 32.1. The monoisotopic (exact) mass is 275 g/mol. The van der Waals surface area contributed by atoms with Crippen molar-refractivity contribution in [2.75, 3.05) is 0 Å². The fourth-order valence-corrected chi connectivity index (χ4v) is 2.67. The second-order valence-electron chi connectivity index (χ2n) is 4.69. The number of hydrogen-bond donors (Lipinski definition) is 2. The van der Waals surface area contributed by atoms with E-state index in [2.05, 4.69) is 10.3 Å². The third kappa shape index (κ3) is 2.19. The highest BCUT2D eigenvalue weighted by molar-refractivity contribution is 7.71. The molecule has 1 aromatic heterocycles. The smallest absolute Gasteiger partial charge is 0.262 e. The van der Waals surface area contributed by atoms with Gasteiger partial charge in [0.15, 0.2) is 4.77 Å². The molecule has 0 saturated carbocycles. The first-order chi connectivity index (χ1) is 9.15. The number of fused-ring (bicyclic) bond motifs is 1. The summed E-state index contributed by atoms with van der Waals surface area (Å²) < 4.78 is 1.92. The topological polar surface area (TPSA) is 66.9 Å². The van der Waals surface area contributed by atoms with E-state index in [1.807, 2.05) is 18.2 Å². The Balaban J connectivity index is 2.06. The number of aromatic nitrogens is 2. The molecule has 1 aromatic carbocycles. The molecule has 1 fully saturated rings. The molecule has 2 N–H and O–H groups in total. The predicted molar refractivity (Wildman–Crippen MR) is 74.6 cm³/mol. The number of nitrogens with zero attached hydrogens (tertiary/aromatic N) is 1. The minimum Gasteiger partial charge on any atom is -0.352 e. The number of aromatic amines is 1. The lowest BCUT2D eigenvalue weighted by Gasteiger charge is -2.13. The summed E-state index contributed by atoms with van der Waals surface area (Å²) in [5.74, 6) is 0.0359. The van der Waals surface area contributed by atoms with E-state index in [9.17, 15) is 9.59 Å². The van der Waals surface area contributed by atoms with Crippen molar-refractivity contribution in [2.24, 2.45) is 0 Å². The van der Waals surface area contributed by atoms with Crippen LogP contribution >= 0.6 is 12.2 Å². The van der Waals surface area contributed by atoms with Crippen LogP contribution in [0.4, 0.5) is 0 Å². The molecule has 1 aliphatic heterocycles. The van der Waals surface area contributed by atoms with Gasteiger partial charge in [-0.1, -0.05) is 12.1 Å². The molecule has 0 bridgehead atoms. The highest BCUT2D eigenvalue weighted by Gasteiger charge is 2.21. The van der Waals surface area contributed by atoms with Gasteiger partial charge in [0.1, 0.15) is 0 Å². The summed E-state index contributed by atoms with van der Waals surface area (Å²) in [6.07, 6.45) is 1.26. The van der Waals surface area contributed by atoms with Gasteiger partial charge in [0.05, 0.1) is 10.9 Å². The van der Waals surface area contributed by atoms with Gasteiger partial charge in [-0.15, -0.1) is 0 Å². The zero-order valence-electron chi connectivity index (χ0n) is 10.2. The zero-order valence-corrected chi connectivity index (χ0v) is 11.0. The summed E-state index contributed by atoms with van der Waals surface area (Å²) >= 11 is 5.23. The second kappa shape index (κ2) is 4.62. The van der Waals surface area contributed by atoms with Crippen molar-refractivity contribution in [3.8, 4) is 0 Å². The van der Waals surface area contributed by atoms with E-state index in [0.717, 1.165) is 11.9 Å². The summed E-state index contributed by atoms with van der Waals surface area (Å²) in [7, 11) is 0. The molecule has 6 heteroatoms. The van der Waals surface area contributed by atoms with Crippen LogP contribution in [-0.2, 0) is 11.3 Å². The Hall–Kier alpha value is -1.95. The van der Waals surface area contributed by atoms with Gasteiger partial charge in [0.2, 0.25) is 5.91 Å². The number of benzene rings is 1. The number of hydrogen-bond acceptors (Lipinski definition) is 3. The molecule has 0 spiro atoms. The van der Waals surface area contributed by atoms with Crippen LogP contribution in [0.25, 0.3) is 10.9 Å². The molecule has 3 rings (SSSR count). The van der Waals surface area contributed by atoms with Crippen LogP contribution in [0.3, 0.4) is 0 Å². The Labute approximate surface area is 114 Å². The average Bonchev–Trinajstić information content (AvgIpc) is 2.80. The third-order valence-electron chi connectivity index (χ3n) is 3.38. The Morgan fingerprint density at radius 3 is 2.84 bits per heavy atom. The fourth-order valence-electron chi connectivity index (χ4n) is 2.40. The van der Waals surface area contributed by atoms with Crippen LogP contribution in [-0.4, -0.2) is 21.5 Å². The molecule has 19 heavy (non-hydrogen) atoms. The van der Waals surface area contributed by atoms with Gasteiger partial charge in [0, 0.05) is 19.0 Å². The molecule has 98 valence electrons. The summed E-state index contributed by atoms with van der Waals surface area (Å²) in [5.41, 5.74) is 0.629. The van der Waals surface area contributed by atoms with Gasteiger partial charge in [-0.3, -0.25) is 14.2 Å². The normalized spacial score (nSPS) is 18.7. The summed E-state index contributed by atoms with van der Waals surface area (Å²) in [5, 5.41) is 3.46. The lowest BCUT2D eigenvalue weighted by molar-refractivity contribution is -0.119. The number of carbonyl (C=O) groups excluding carboxylic acids is 1. The molecule has 2 aromatic rings. The maximum atomic E-state index is 12.4. The number of para-hydroxylation sites is 1. The lowest BCUT2D eigenvalue weighted by Crippen LogP contribution is -2.34. The van der Waals surface area contributed by atoms with E-state index in [1.54, 1.807) is 6.07 Å². The minimum atomic E-state index is -0.111. The largest absolute Gasteiger partial charge is 0.352 e. The van der Waals surface area contributed by atoms with Gasteiger partial charge >= 0.3 is 0 Å². The minimum absolute atomic E-state index is 0.0125. The molecule has 0 aliphatic carbocycles. The summed E-state index contributed by atoms with van der Waals surface area (Å²) in [4.78, 5) is 26.6. The van der Waals surface area contributed by atoms with Crippen molar-refractivity contribution in [1.29, 1.82) is 0 Å². The second-order valence-corrected chi connectivity index (χ2v) is 5.08. The molecule has 5 nitrogen and oxygen atoms in total. The quantitative estimate of drug-likeness (QED) is 0.813. The van der Waals surface area contributed by atoms with Gasteiger partial charge in [-0.2, -0.15) is 0 Å². The van der Waals surface area contributed by atoms with E-state index >= 15 is 0 Å². The van der Waals surface area contributed by atoms with Crippen molar-refractivity contribution in [3.05, 3.63) is 39.4 Å². The van der Waals surface area contributed by atoms with Crippen molar-refractivity contribution >= 4 is 29.0 Å². The molecule has 1 unspecified atom stereocenters. The van der Waals surface area contributed by atoms with E-state index in [1.165, 1.54) is 4.57 Å². The number of amides is 1. The SMILES string of the molecule is O=C1CCC(Cn2c(=S)[nH]c3ccccc3c2=O)N1. The predicted octanol–water partition coefficient (Wildman–Crippen LogP) is 1.34. The standard InChI is InChI=1S/C13H13N3O2S/c17-11-6-5-8(14-11)7-16-12(18)9-3-1-2-4-10(9)15-13(16)19/h1-4,8H,5-7H2,(H,14,17)(H,15,19). The maximum absolute atomic E-state index is 12.4. The number of rotatable bonds is 2. The third-order valence-corrected chi connectivity index (χ3v) is 3.70. The van der Waals surface area contributed by atoms with Gasteiger partial charge in [-0.05, 0) is 30.8 Å². The van der Waals surface area contributed by atoms with Crippen LogP contribution in [0.2, 0.25) is 0 Å². The van der Waals surface area contributed by atoms with Crippen LogP contribution in [0, 0.1) is 4.77 Å². The van der Waals surface area contributed by atoms with Gasteiger partial charge in [-0.25, -0.2) is 0 Å². The number of nitrogens with one attached hydrogen (secondary N) is 2. The van der Waals surface area contributed by atoms with E-state index < -0.39 is 0 Å². The van der Waals surface area contributed by atoms with Crippen LogP contribution in [0.15, 0.2) is 29.1 Å². The summed E-state index contributed by atoms with van der Waals surface area (Å²) in [6, 6.07) is 7.26. The molecule has 1 saturated heterocycles. The highest BCUT2D eigenvalue weighted by Crippen LogP contribution is 2.10. The molecular weight excluding hydrogens is 262 g/mol. The van der Waals surface area contributed by atoms with E-state index in [0.29, 0.717) is 23.1 Å². The molecular formula is C13H13N3O2S. The number of carbonyl (C=O) groups is 1. The van der Waals surface area contributed by atoms with Gasteiger partial charge in [0.25, 0.3) is 5.56 Å². The van der Waals surface area contributed by atoms with Gasteiger partial charge < -0.3 is 10.3 Å². The van der Waals surface area contributed by atoms with Crippen LogP contribution in [0.1, 0.15) is 12.8 Å². The molecule has 1 atom stereocenters. The molecule has 2 heterocycles. The average molecular weight is 275 g/mol. The Morgan fingerprint density at radius 1 is 1.32 bits per heavy atom. The first kappa shape index (κ1) is 12.1. The Kier molecular flexibility index (Phi) is 2.94. The van der Waals surface area contributed by atoms with Crippen molar-refractivity contribution in [1.82, 2.24) is 14.9 Å². The van der Waals surface area contributed by atoms with Crippen molar-refractivity contribution in [2.45, 2.75) is 25.4 Å². The molecule has 1 amide bonds. The number of H-pyrrole nitrogens is 1. The Morgan fingerprint density at radius 2 is 2.11 bits per heavy atom. The molecule has 0 radical (unpaired) electrons. The van der Waals surface area contributed by atoms with Crippen molar-refractivity contribution < 1.29 is 4.79 Å². The first-order valence-electron chi connectivity index (χ1n) is 6.16. The zero-order chi connectivity index (χ0) is 13.4. The first-order valence-corrected chi connectivity index (χ1v) is 6.57. The van der Waals surface area contributed by atoms with Crippen LogP contribution in [0.5, 0.6) is 0 Å². The van der Waals surface area contributed by atoms with E-state index in [-0.39, 0.29) is 17.5 Å². The fraction of sp³-hybridized carbons (Fsp3) is 0.308. The molecule has 1 aliphatic rings. The summed E-state index contributed by atoms with van der Waals surface area (Å²) in [6.45, 7) is 0.421. The lowest BCUT2D eigenvalue weighted by atomic mass is 10.2.